The normalized spacial score (nSPS) is 21.9. The summed E-state index contributed by atoms with van der Waals surface area (Å²) in [5, 5.41) is 29.8. The number of allylic oxidation sites excluding steroid dienone is 4. The van der Waals surface area contributed by atoms with Crippen LogP contribution in [0.4, 0.5) is 0 Å². The van der Waals surface area contributed by atoms with E-state index in [0.717, 1.165) is 6.42 Å². The first-order valence-corrected chi connectivity index (χ1v) is 9.72. The van der Waals surface area contributed by atoms with Crippen LogP contribution in [-0.4, -0.2) is 45.9 Å². The van der Waals surface area contributed by atoms with Crippen LogP contribution in [0, 0.1) is 5.41 Å². The van der Waals surface area contributed by atoms with Gasteiger partial charge in [0, 0.05) is 23.1 Å². The molecule has 0 fully saturated rings. The fourth-order valence-corrected chi connectivity index (χ4v) is 3.96. The van der Waals surface area contributed by atoms with Crippen molar-refractivity contribution in [1.29, 1.82) is 5.41 Å². The number of hydrogen-bond acceptors (Lipinski definition) is 5. The molecule has 0 saturated heterocycles. The van der Waals surface area contributed by atoms with Crippen molar-refractivity contribution in [3.8, 4) is 0 Å². The number of carbonyl (C=O) groups is 3. The summed E-state index contributed by atoms with van der Waals surface area (Å²) in [4.78, 5) is 36.8. The van der Waals surface area contributed by atoms with Crippen LogP contribution in [0.25, 0.3) is 0 Å². The van der Waals surface area contributed by atoms with Crippen LogP contribution in [0.15, 0.2) is 46.1 Å². The highest BCUT2D eigenvalue weighted by atomic mass is 16.4. The van der Waals surface area contributed by atoms with Crippen molar-refractivity contribution in [2.75, 3.05) is 0 Å². The third-order valence-electron chi connectivity index (χ3n) is 5.51. The second-order valence-corrected chi connectivity index (χ2v) is 7.50. The van der Waals surface area contributed by atoms with E-state index in [2.05, 4.69) is 5.32 Å². The first-order chi connectivity index (χ1) is 13.8. The average molecular weight is 399 g/mol. The van der Waals surface area contributed by atoms with E-state index in [9.17, 15) is 24.6 Å². The zero-order valence-corrected chi connectivity index (χ0v) is 16.0. The lowest BCUT2D eigenvalue weighted by molar-refractivity contribution is -0.141. The number of nitrogens with two attached hydrogens (primary N) is 1. The number of aliphatic carboxylic acids is 1. The molecule has 0 heterocycles. The number of amides is 1. The number of carboxylic acid groups (broad SMARTS) is 1. The highest BCUT2D eigenvalue weighted by Gasteiger charge is 2.35. The SMILES string of the molecule is N=C(N)CCCC(NC(=O)C1=CC2=C(CC1)C(=O)C1=C(CCC=C1)C2O)C(=O)O. The van der Waals surface area contributed by atoms with Gasteiger partial charge in [0.1, 0.15) is 12.1 Å². The zero-order valence-electron chi connectivity index (χ0n) is 16.0. The molecule has 2 unspecified atom stereocenters. The van der Waals surface area contributed by atoms with Crippen LogP contribution in [0.3, 0.4) is 0 Å². The lowest BCUT2D eigenvalue weighted by Gasteiger charge is -2.31. The van der Waals surface area contributed by atoms with E-state index in [1.807, 2.05) is 6.08 Å². The number of aliphatic hydroxyl groups is 1. The van der Waals surface area contributed by atoms with E-state index in [-0.39, 0.29) is 24.5 Å². The van der Waals surface area contributed by atoms with Crippen molar-refractivity contribution < 1.29 is 24.6 Å². The molecular weight excluding hydrogens is 374 g/mol. The number of aliphatic hydroxyl groups excluding tert-OH is 1. The van der Waals surface area contributed by atoms with Crippen LogP contribution < -0.4 is 11.1 Å². The van der Waals surface area contributed by atoms with Crippen LogP contribution in [0.5, 0.6) is 0 Å². The Labute approximate surface area is 168 Å². The molecule has 8 nitrogen and oxygen atoms in total. The highest BCUT2D eigenvalue weighted by molar-refractivity contribution is 6.13. The molecule has 0 saturated carbocycles. The van der Waals surface area contributed by atoms with E-state index in [1.54, 1.807) is 6.08 Å². The average Bonchev–Trinajstić information content (AvgIpc) is 2.70. The number of carbonyl (C=O) groups excluding carboxylic acids is 2. The first kappa shape index (κ1) is 20.7. The quantitative estimate of drug-likeness (QED) is 0.321. The summed E-state index contributed by atoms with van der Waals surface area (Å²) in [6, 6.07) is -1.09. The number of hydrogen-bond donors (Lipinski definition) is 5. The lowest BCUT2D eigenvalue weighted by atomic mass is 9.75. The van der Waals surface area contributed by atoms with E-state index >= 15 is 0 Å². The molecule has 3 aliphatic carbocycles. The van der Waals surface area contributed by atoms with Gasteiger partial charge < -0.3 is 21.3 Å². The molecule has 3 rings (SSSR count). The predicted octanol–water partition coefficient (Wildman–Crippen LogP) is 1.27. The summed E-state index contributed by atoms with van der Waals surface area (Å²) in [5.74, 6) is -1.80. The van der Waals surface area contributed by atoms with E-state index in [1.165, 1.54) is 6.08 Å². The third-order valence-corrected chi connectivity index (χ3v) is 5.51. The zero-order chi connectivity index (χ0) is 21.1. The molecule has 0 aromatic heterocycles. The highest BCUT2D eigenvalue weighted by Crippen LogP contribution is 2.39. The van der Waals surface area contributed by atoms with Crippen molar-refractivity contribution in [1.82, 2.24) is 5.32 Å². The van der Waals surface area contributed by atoms with Gasteiger partial charge in [0.25, 0.3) is 0 Å². The van der Waals surface area contributed by atoms with Crippen LogP contribution in [0.2, 0.25) is 0 Å². The number of Topliss-reactive ketones (excluding diaryl/α,β-unsaturated/α-hetero) is 1. The summed E-state index contributed by atoms with van der Waals surface area (Å²) in [5.41, 5.74) is 7.84. The van der Waals surface area contributed by atoms with Gasteiger partial charge in [-0.3, -0.25) is 15.0 Å². The monoisotopic (exact) mass is 399 g/mol. The molecule has 0 bridgehead atoms. The molecule has 0 aromatic carbocycles. The molecule has 3 aliphatic rings. The van der Waals surface area contributed by atoms with Crippen LogP contribution >= 0.6 is 0 Å². The smallest absolute Gasteiger partial charge is 0.326 e. The van der Waals surface area contributed by atoms with Gasteiger partial charge in [-0.2, -0.15) is 0 Å². The minimum Gasteiger partial charge on any atom is -0.480 e. The van der Waals surface area contributed by atoms with Gasteiger partial charge in [0.05, 0.1) is 5.84 Å². The molecular formula is C21H25N3O5. The van der Waals surface area contributed by atoms with Crippen molar-refractivity contribution in [3.05, 3.63) is 46.1 Å². The van der Waals surface area contributed by atoms with Crippen LogP contribution in [0.1, 0.15) is 44.9 Å². The number of ketones is 1. The second kappa shape index (κ2) is 8.57. The number of amidine groups is 1. The van der Waals surface area contributed by atoms with E-state index in [4.69, 9.17) is 11.1 Å². The van der Waals surface area contributed by atoms with E-state index < -0.39 is 24.0 Å². The molecule has 0 aromatic rings. The fraction of sp³-hybridized carbons (Fsp3) is 0.429. The summed E-state index contributed by atoms with van der Waals surface area (Å²) in [6.07, 6.45) is 7.08. The molecule has 154 valence electrons. The van der Waals surface area contributed by atoms with Gasteiger partial charge in [-0.05, 0) is 55.7 Å². The maximum absolute atomic E-state index is 12.7. The van der Waals surface area contributed by atoms with Gasteiger partial charge in [-0.25, -0.2) is 4.79 Å². The lowest BCUT2D eigenvalue weighted by Crippen LogP contribution is -2.42. The summed E-state index contributed by atoms with van der Waals surface area (Å²) >= 11 is 0. The van der Waals surface area contributed by atoms with Gasteiger partial charge >= 0.3 is 5.97 Å². The molecule has 8 heteroatoms. The maximum Gasteiger partial charge on any atom is 0.326 e. The Morgan fingerprint density at radius 2 is 2.07 bits per heavy atom. The Morgan fingerprint density at radius 3 is 2.76 bits per heavy atom. The van der Waals surface area contributed by atoms with Gasteiger partial charge in [0.2, 0.25) is 5.91 Å². The molecule has 2 atom stereocenters. The maximum atomic E-state index is 12.7. The number of nitrogens with one attached hydrogen (secondary N) is 2. The predicted molar refractivity (Wildman–Crippen MR) is 106 cm³/mol. The Kier molecular flexibility index (Phi) is 6.12. The van der Waals surface area contributed by atoms with Crippen LogP contribution in [-0.2, 0) is 14.4 Å². The minimum atomic E-state index is -1.16. The van der Waals surface area contributed by atoms with Crippen molar-refractivity contribution in [2.24, 2.45) is 5.73 Å². The third kappa shape index (κ3) is 4.37. The Hall–Kier alpha value is -3.00. The van der Waals surface area contributed by atoms with Gasteiger partial charge in [-0.1, -0.05) is 12.2 Å². The standard InChI is InChI=1S/C21H25N3O5/c22-17(23)7-3-6-16(21(28)29)24-20(27)11-8-9-14-15(10-11)19(26)13-5-2-1-4-12(13)18(14)25/h1,4,10,16,19,26H,2-3,5-9H2,(H3,22,23)(H,24,27)(H,28,29). The van der Waals surface area contributed by atoms with Crippen molar-refractivity contribution in [3.63, 3.8) is 0 Å². The first-order valence-electron chi connectivity index (χ1n) is 9.72. The largest absolute Gasteiger partial charge is 0.480 e. The van der Waals surface area contributed by atoms with Crippen molar-refractivity contribution >= 4 is 23.5 Å². The summed E-state index contributed by atoms with van der Waals surface area (Å²) in [7, 11) is 0. The molecule has 1 amide bonds. The summed E-state index contributed by atoms with van der Waals surface area (Å²) < 4.78 is 0. The molecule has 0 aliphatic heterocycles. The molecule has 0 spiro atoms. The Bertz CT molecular complexity index is 894. The Morgan fingerprint density at radius 1 is 1.31 bits per heavy atom. The summed E-state index contributed by atoms with van der Waals surface area (Å²) in [6.45, 7) is 0. The van der Waals surface area contributed by atoms with Crippen molar-refractivity contribution in [2.45, 2.75) is 57.1 Å². The number of rotatable bonds is 7. The van der Waals surface area contributed by atoms with Gasteiger partial charge in [0.15, 0.2) is 5.78 Å². The second-order valence-electron chi connectivity index (χ2n) is 7.50. The van der Waals surface area contributed by atoms with Gasteiger partial charge in [-0.15, -0.1) is 0 Å². The fourth-order valence-electron chi connectivity index (χ4n) is 3.96. The number of carboxylic acids is 1. The molecule has 0 radical (unpaired) electrons. The molecule has 6 N–H and O–H groups in total. The minimum absolute atomic E-state index is 0.0305. The topological polar surface area (TPSA) is 154 Å². The Balaban J connectivity index is 1.75. The molecule has 29 heavy (non-hydrogen) atoms. The van der Waals surface area contributed by atoms with E-state index in [0.29, 0.717) is 53.5 Å².